The van der Waals surface area contributed by atoms with Gasteiger partial charge in [-0.1, -0.05) is 6.07 Å². The van der Waals surface area contributed by atoms with Crippen LogP contribution in [0.5, 0.6) is 0 Å². The van der Waals surface area contributed by atoms with E-state index in [1.54, 1.807) is 0 Å². The molecule has 0 aliphatic rings. The van der Waals surface area contributed by atoms with E-state index in [-0.39, 0.29) is 6.61 Å². The summed E-state index contributed by atoms with van der Waals surface area (Å²) in [6.45, 7) is -0.0902. The van der Waals surface area contributed by atoms with Crippen LogP contribution in [0.4, 0.5) is 13.2 Å². The van der Waals surface area contributed by atoms with Crippen molar-refractivity contribution in [3.05, 3.63) is 29.6 Å². The Kier molecular flexibility index (Phi) is 2.87. The van der Waals surface area contributed by atoms with Crippen molar-refractivity contribution in [2.75, 3.05) is 6.61 Å². The number of alkyl halides is 3. The Morgan fingerprint density at radius 2 is 2.00 bits per heavy atom. The van der Waals surface area contributed by atoms with E-state index in [0.29, 0.717) is 12.0 Å². The number of rotatable bonds is 2. The molecule has 0 amide bonds. The molecule has 0 fully saturated rings. The minimum Gasteiger partial charge on any atom is -0.396 e. The summed E-state index contributed by atoms with van der Waals surface area (Å²) in [6.07, 6.45) is -2.94. The summed E-state index contributed by atoms with van der Waals surface area (Å²) >= 11 is 0. The van der Waals surface area contributed by atoms with E-state index in [1.165, 1.54) is 6.07 Å². The van der Waals surface area contributed by atoms with Gasteiger partial charge in [0.05, 0.1) is 0 Å². The SMILES string of the molecule is OCCc1ccc(C(F)(F)F)nc1. The smallest absolute Gasteiger partial charge is 0.396 e. The second-order valence-corrected chi connectivity index (χ2v) is 2.52. The van der Waals surface area contributed by atoms with Crippen molar-refractivity contribution in [1.29, 1.82) is 0 Å². The highest BCUT2D eigenvalue weighted by molar-refractivity contribution is 5.15. The van der Waals surface area contributed by atoms with Crippen molar-refractivity contribution >= 4 is 0 Å². The molecular weight excluding hydrogens is 183 g/mol. The summed E-state index contributed by atoms with van der Waals surface area (Å²) in [6, 6.07) is 2.22. The van der Waals surface area contributed by atoms with Crippen LogP contribution in [-0.2, 0) is 12.6 Å². The summed E-state index contributed by atoms with van der Waals surface area (Å²) in [5, 5.41) is 8.50. The normalized spacial score (nSPS) is 11.7. The maximum atomic E-state index is 12.0. The molecule has 5 heteroatoms. The van der Waals surface area contributed by atoms with Gasteiger partial charge in [-0.3, -0.25) is 4.98 Å². The molecule has 1 rings (SSSR count). The van der Waals surface area contributed by atoms with E-state index in [4.69, 9.17) is 5.11 Å². The molecule has 72 valence electrons. The number of pyridine rings is 1. The van der Waals surface area contributed by atoms with Gasteiger partial charge in [0, 0.05) is 12.8 Å². The predicted octanol–water partition coefficient (Wildman–Crippen LogP) is 1.64. The second kappa shape index (κ2) is 3.74. The average molecular weight is 191 g/mol. The predicted molar refractivity (Wildman–Crippen MR) is 40.0 cm³/mol. The van der Waals surface area contributed by atoms with Crippen molar-refractivity contribution in [1.82, 2.24) is 4.98 Å². The number of aliphatic hydroxyl groups excluding tert-OH is 1. The molecule has 0 saturated carbocycles. The number of hydrogen-bond donors (Lipinski definition) is 1. The van der Waals surface area contributed by atoms with Crippen LogP contribution in [0.1, 0.15) is 11.3 Å². The van der Waals surface area contributed by atoms with Gasteiger partial charge in [-0.05, 0) is 18.1 Å². The third-order valence-electron chi connectivity index (χ3n) is 1.52. The van der Waals surface area contributed by atoms with Gasteiger partial charge in [-0.15, -0.1) is 0 Å². The van der Waals surface area contributed by atoms with Gasteiger partial charge in [0.1, 0.15) is 5.69 Å². The summed E-state index contributed by atoms with van der Waals surface area (Å²) in [7, 11) is 0. The standard InChI is InChI=1S/C8H8F3NO/c9-8(10,11)7-2-1-6(3-4-13)5-12-7/h1-2,5,13H,3-4H2. The molecule has 1 aromatic heterocycles. The Morgan fingerprint density at radius 3 is 2.38 bits per heavy atom. The quantitative estimate of drug-likeness (QED) is 0.770. The van der Waals surface area contributed by atoms with Crippen LogP contribution in [0.3, 0.4) is 0 Å². The van der Waals surface area contributed by atoms with Crippen LogP contribution in [-0.4, -0.2) is 16.7 Å². The lowest BCUT2D eigenvalue weighted by Gasteiger charge is -2.05. The molecule has 0 aliphatic heterocycles. The molecule has 0 bridgehead atoms. The fourth-order valence-electron chi connectivity index (χ4n) is 0.869. The van der Waals surface area contributed by atoms with E-state index >= 15 is 0 Å². The fraction of sp³-hybridized carbons (Fsp3) is 0.375. The Hall–Kier alpha value is -1.10. The first-order valence-corrected chi connectivity index (χ1v) is 3.67. The summed E-state index contributed by atoms with van der Waals surface area (Å²) in [5.74, 6) is 0. The maximum Gasteiger partial charge on any atom is 0.433 e. The molecule has 0 aliphatic carbocycles. The highest BCUT2D eigenvalue weighted by Gasteiger charge is 2.31. The van der Waals surface area contributed by atoms with E-state index in [0.717, 1.165) is 12.3 Å². The molecule has 1 heterocycles. The van der Waals surface area contributed by atoms with Crippen LogP contribution < -0.4 is 0 Å². The maximum absolute atomic E-state index is 12.0. The van der Waals surface area contributed by atoms with Gasteiger partial charge >= 0.3 is 6.18 Å². The third kappa shape index (κ3) is 2.69. The van der Waals surface area contributed by atoms with Crippen LogP contribution in [0, 0.1) is 0 Å². The second-order valence-electron chi connectivity index (χ2n) is 2.52. The average Bonchev–Trinajstić information content (AvgIpc) is 2.04. The number of halogens is 3. The fourth-order valence-corrected chi connectivity index (χ4v) is 0.869. The first kappa shape index (κ1) is 9.98. The molecule has 1 aromatic rings. The molecule has 1 N–H and O–H groups in total. The Morgan fingerprint density at radius 1 is 1.31 bits per heavy atom. The topological polar surface area (TPSA) is 33.1 Å². The third-order valence-corrected chi connectivity index (χ3v) is 1.52. The zero-order valence-corrected chi connectivity index (χ0v) is 6.67. The molecule has 13 heavy (non-hydrogen) atoms. The highest BCUT2D eigenvalue weighted by Crippen LogP contribution is 2.27. The lowest BCUT2D eigenvalue weighted by Crippen LogP contribution is -2.07. The van der Waals surface area contributed by atoms with E-state index in [2.05, 4.69) is 4.98 Å². The van der Waals surface area contributed by atoms with Gasteiger partial charge in [0.15, 0.2) is 0 Å². The Bertz CT molecular complexity index is 268. The van der Waals surface area contributed by atoms with Crippen molar-refractivity contribution in [2.45, 2.75) is 12.6 Å². The number of hydrogen-bond acceptors (Lipinski definition) is 2. The monoisotopic (exact) mass is 191 g/mol. The molecule has 0 spiro atoms. The summed E-state index contributed by atoms with van der Waals surface area (Å²) < 4.78 is 36.0. The van der Waals surface area contributed by atoms with E-state index in [9.17, 15) is 13.2 Å². The molecule has 0 atom stereocenters. The molecule has 2 nitrogen and oxygen atoms in total. The number of aliphatic hydroxyl groups is 1. The first-order chi connectivity index (χ1) is 6.04. The first-order valence-electron chi connectivity index (χ1n) is 3.67. The minimum atomic E-state index is -4.39. The molecule has 0 unspecified atom stereocenters. The molecule has 0 aromatic carbocycles. The van der Waals surface area contributed by atoms with Crippen LogP contribution >= 0.6 is 0 Å². The van der Waals surface area contributed by atoms with Gasteiger partial charge in [0.25, 0.3) is 0 Å². The van der Waals surface area contributed by atoms with Crippen molar-refractivity contribution < 1.29 is 18.3 Å². The molecule has 0 saturated heterocycles. The van der Waals surface area contributed by atoms with Gasteiger partial charge < -0.3 is 5.11 Å². The molecular formula is C8H8F3NO. The van der Waals surface area contributed by atoms with Gasteiger partial charge in [0.2, 0.25) is 0 Å². The van der Waals surface area contributed by atoms with E-state index in [1.807, 2.05) is 0 Å². The van der Waals surface area contributed by atoms with Crippen LogP contribution in [0.2, 0.25) is 0 Å². The zero-order chi connectivity index (χ0) is 9.90. The molecule has 0 radical (unpaired) electrons. The lowest BCUT2D eigenvalue weighted by molar-refractivity contribution is -0.141. The van der Waals surface area contributed by atoms with Crippen molar-refractivity contribution in [3.8, 4) is 0 Å². The Balaban J connectivity index is 2.81. The van der Waals surface area contributed by atoms with E-state index < -0.39 is 11.9 Å². The highest BCUT2D eigenvalue weighted by atomic mass is 19.4. The zero-order valence-electron chi connectivity index (χ0n) is 6.67. The summed E-state index contributed by atoms with van der Waals surface area (Å²) in [5.41, 5.74) is -0.315. The van der Waals surface area contributed by atoms with Gasteiger partial charge in [-0.25, -0.2) is 0 Å². The lowest BCUT2D eigenvalue weighted by atomic mass is 10.2. The van der Waals surface area contributed by atoms with Crippen LogP contribution in [0.25, 0.3) is 0 Å². The number of nitrogens with zero attached hydrogens (tertiary/aromatic N) is 1. The van der Waals surface area contributed by atoms with Crippen LogP contribution in [0.15, 0.2) is 18.3 Å². The van der Waals surface area contributed by atoms with Crippen molar-refractivity contribution in [3.63, 3.8) is 0 Å². The minimum absolute atomic E-state index is 0.0902. The Labute approximate surface area is 73.0 Å². The summed E-state index contributed by atoms with van der Waals surface area (Å²) in [4.78, 5) is 3.23. The number of aromatic nitrogens is 1. The largest absolute Gasteiger partial charge is 0.433 e. The van der Waals surface area contributed by atoms with Crippen molar-refractivity contribution in [2.24, 2.45) is 0 Å². The van der Waals surface area contributed by atoms with Gasteiger partial charge in [-0.2, -0.15) is 13.2 Å².